The molecule has 1 aliphatic heterocycles. The molecule has 1 saturated carbocycles. The summed E-state index contributed by atoms with van der Waals surface area (Å²) >= 11 is 6.12. The van der Waals surface area contributed by atoms with E-state index in [1.54, 1.807) is 17.0 Å². The molecule has 0 aromatic heterocycles. The Kier molecular flexibility index (Phi) is 3.49. The Morgan fingerprint density at radius 3 is 2.62 bits per heavy atom. The fourth-order valence-corrected chi connectivity index (χ4v) is 3.35. The van der Waals surface area contributed by atoms with Crippen LogP contribution in [-0.2, 0) is 0 Å². The third kappa shape index (κ3) is 2.33. The van der Waals surface area contributed by atoms with Crippen LogP contribution in [-0.4, -0.2) is 17.6 Å². The van der Waals surface area contributed by atoms with E-state index >= 15 is 0 Å². The van der Waals surface area contributed by atoms with Crippen molar-refractivity contribution in [1.29, 1.82) is 0 Å². The van der Waals surface area contributed by atoms with Crippen molar-refractivity contribution in [2.24, 2.45) is 21.5 Å². The number of guanidine groups is 2. The largest absolute Gasteiger partial charge is 0.369 e. The van der Waals surface area contributed by atoms with Gasteiger partial charge in [0.05, 0.1) is 5.69 Å². The van der Waals surface area contributed by atoms with Gasteiger partial charge in [-0.05, 0) is 37.8 Å². The number of benzene rings is 1. The van der Waals surface area contributed by atoms with E-state index in [2.05, 4.69) is 9.98 Å². The molecule has 0 saturated heterocycles. The third-order valence-electron chi connectivity index (χ3n) is 4.02. The minimum absolute atomic E-state index is 0.0243. The van der Waals surface area contributed by atoms with Crippen molar-refractivity contribution in [2.75, 3.05) is 4.90 Å². The highest BCUT2D eigenvalue weighted by Gasteiger charge is 2.43. The Hall–Kier alpha value is -1.82. The number of halogens is 2. The van der Waals surface area contributed by atoms with E-state index in [1.807, 2.05) is 0 Å². The second kappa shape index (κ2) is 5.18. The molecule has 0 radical (unpaired) electrons. The van der Waals surface area contributed by atoms with Crippen molar-refractivity contribution in [1.82, 2.24) is 0 Å². The highest BCUT2D eigenvalue weighted by atomic mass is 35.5. The number of nitrogens with zero attached hydrogens (tertiary/aromatic N) is 3. The van der Waals surface area contributed by atoms with Gasteiger partial charge in [0.15, 0.2) is 0 Å². The molecule has 2 aliphatic rings. The molecule has 1 spiro atoms. The van der Waals surface area contributed by atoms with Crippen LogP contribution in [0.15, 0.2) is 28.2 Å². The monoisotopic (exact) mass is 309 g/mol. The number of hydrogen-bond acceptors (Lipinski definition) is 5. The molecule has 0 unspecified atom stereocenters. The molecule has 5 nitrogen and oxygen atoms in total. The predicted octanol–water partition coefficient (Wildman–Crippen LogP) is 2.59. The number of rotatable bonds is 1. The van der Waals surface area contributed by atoms with Crippen LogP contribution in [0, 0.1) is 5.82 Å². The Balaban J connectivity index is 2.13. The van der Waals surface area contributed by atoms with E-state index < -0.39 is 11.5 Å². The lowest BCUT2D eigenvalue weighted by Gasteiger charge is -2.45. The van der Waals surface area contributed by atoms with Gasteiger partial charge in [-0.1, -0.05) is 24.1 Å². The second-order valence-corrected chi connectivity index (χ2v) is 5.77. The van der Waals surface area contributed by atoms with E-state index in [0.29, 0.717) is 5.69 Å². The van der Waals surface area contributed by atoms with Crippen LogP contribution in [0.25, 0.3) is 0 Å². The Labute approximate surface area is 127 Å². The summed E-state index contributed by atoms with van der Waals surface area (Å²) in [4.78, 5) is 10.3. The van der Waals surface area contributed by atoms with E-state index in [1.165, 1.54) is 6.07 Å². The maximum atomic E-state index is 13.8. The zero-order chi connectivity index (χ0) is 15.0. The molecule has 7 heteroatoms. The highest BCUT2D eigenvalue weighted by molar-refractivity contribution is 6.34. The SMILES string of the molecule is NC1=NC2(CCCCC2)N(c2cccc(F)c2Cl)C(N)=N1. The normalized spacial score (nSPS) is 21.1. The lowest BCUT2D eigenvalue weighted by Crippen LogP contribution is -2.58. The molecule has 1 aromatic rings. The Morgan fingerprint density at radius 2 is 1.90 bits per heavy atom. The van der Waals surface area contributed by atoms with Crippen molar-refractivity contribution in [2.45, 2.75) is 37.8 Å². The maximum Gasteiger partial charge on any atom is 0.220 e. The maximum absolute atomic E-state index is 13.8. The van der Waals surface area contributed by atoms with Gasteiger partial charge in [-0.2, -0.15) is 4.99 Å². The molecular weight excluding hydrogens is 293 g/mol. The summed E-state index contributed by atoms with van der Waals surface area (Å²) in [6.45, 7) is 0. The van der Waals surface area contributed by atoms with Crippen LogP contribution in [0.4, 0.5) is 10.1 Å². The van der Waals surface area contributed by atoms with Gasteiger partial charge >= 0.3 is 0 Å². The first-order valence-electron chi connectivity index (χ1n) is 6.97. The van der Waals surface area contributed by atoms with E-state index in [0.717, 1.165) is 32.1 Å². The average molecular weight is 310 g/mol. The van der Waals surface area contributed by atoms with Gasteiger partial charge in [0.25, 0.3) is 0 Å². The van der Waals surface area contributed by atoms with Crippen molar-refractivity contribution < 1.29 is 4.39 Å². The first-order valence-corrected chi connectivity index (χ1v) is 7.35. The van der Waals surface area contributed by atoms with Crippen molar-refractivity contribution >= 4 is 29.2 Å². The van der Waals surface area contributed by atoms with Crippen molar-refractivity contribution in [3.8, 4) is 0 Å². The van der Waals surface area contributed by atoms with Crippen LogP contribution in [0.3, 0.4) is 0 Å². The fourth-order valence-electron chi connectivity index (χ4n) is 3.13. The Morgan fingerprint density at radius 1 is 1.19 bits per heavy atom. The van der Waals surface area contributed by atoms with Gasteiger partial charge in [-0.15, -0.1) is 0 Å². The van der Waals surface area contributed by atoms with Crippen LogP contribution in [0.1, 0.15) is 32.1 Å². The number of hydrogen-bond donors (Lipinski definition) is 2. The summed E-state index contributed by atoms with van der Waals surface area (Å²) in [6, 6.07) is 4.64. The molecule has 1 fully saturated rings. The summed E-state index contributed by atoms with van der Waals surface area (Å²) in [5.74, 6) is -0.120. The quantitative estimate of drug-likeness (QED) is 0.836. The molecule has 1 aromatic carbocycles. The average Bonchev–Trinajstić information content (AvgIpc) is 2.43. The minimum atomic E-state index is -0.606. The van der Waals surface area contributed by atoms with Gasteiger partial charge in [0.1, 0.15) is 16.5 Å². The summed E-state index contributed by atoms with van der Waals surface area (Å²) < 4.78 is 13.8. The van der Waals surface area contributed by atoms with Crippen molar-refractivity contribution in [3.63, 3.8) is 0 Å². The van der Waals surface area contributed by atoms with Gasteiger partial charge in [-0.25, -0.2) is 9.38 Å². The predicted molar refractivity (Wildman–Crippen MR) is 82.9 cm³/mol. The summed E-state index contributed by atoms with van der Waals surface area (Å²) in [6.07, 6.45) is 4.73. The molecule has 4 N–H and O–H groups in total. The van der Waals surface area contributed by atoms with Gasteiger partial charge in [0, 0.05) is 0 Å². The molecule has 0 atom stereocenters. The molecule has 3 rings (SSSR count). The Bertz CT molecular complexity index is 622. The summed E-state index contributed by atoms with van der Waals surface area (Å²) in [5, 5.41) is 0.0243. The molecule has 0 bridgehead atoms. The number of nitrogens with two attached hydrogens (primary N) is 2. The van der Waals surface area contributed by atoms with Crippen LogP contribution >= 0.6 is 11.6 Å². The van der Waals surface area contributed by atoms with Crippen LogP contribution < -0.4 is 16.4 Å². The fraction of sp³-hybridized carbons (Fsp3) is 0.429. The molecule has 112 valence electrons. The number of anilines is 1. The third-order valence-corrected chi connectivity index (χ3v) is 4.40. The summed E-state index contributed by atoms with van der Waals surface area (Å²) in [7, 11) is 0. The first kappa shape index (κ1) is 14.1. The highest BCUT2D eigenvalue weighted by Crippen LogP contribution is 2.42. The lowest BCUT2D eigenvalue weighted by molar-refractivity contribution is 0.305. The summed E-state index contributed by atoms with van der Waals surface area (Å²) in [5.41, 5.74) is 11.7. The molecular formula is C14H17ClFN5. The molecule has 21 heavy (non-hydrogen) atoms. The van der Waals surface area contributed by atoms with Crippen molar-refractivity contribution in [3.05, 3.63) is 29.0 Å². The number of aliphatic imine (C=N–C) groups is 2. The second-order valence-electron chi connectivity index (χ2n) is 5.39. The van der Waals surface area contributed by atoms with Crippen LogP contribution in [0.5, 0.6) is 0 Å². The van der Waals surface area contributed by atoms with Gasteiger partial charge < -0.3 is 11.5 Å². The van der Waals surface area contributed by atoms with Crippen LogP contribution in [0.2, 0.25) is 5.02 Å². The zero-order valence-electron chi connectivity index (χ0n) is 11.5. The van der Waals surface area contributed by atoms with E-state index in [-0.39, 0.29) is 16.9 Å². The minimum Gasteiger partial charge on any atom is -0.369 e. The van der Waals surface area contributed by atoms with Gasteiger partial charge in [-0.3, -0.25) is 4.90 Å². The smallest absolute Gasteiger partial charge is 0.220 e. The topological polar surface area (TPSA) is 80.0 Å². The molecule has 1 aliphatic carbocycles. The van der Waals surface area contributed by atoms with E-state index in [4.69, 9.17) is 23.1 Å². The van der Waals surface area contributed by atoms with Gasteiger partial charge in [0.2, 0.25) is 11.9 Å². The standard InChI is InChI=1S/C14H17ClFN5/c15-11-9(16)5-4-6-10(11)21-13(18)19-12(17)20-14(21)7-2-1-3-8-14/h4-6H,1-3,7-8H2,(H4,17,18,19,20). The first-order chi connectivity index (χ1) is 10.0. The molecule has 0 amide bonds. The van der Waals surface area contributed by atoms with E-state index in [9.17, 15) is 4.39 Å². The molecule has 1 heterocycles. The zero-order valence-corrected chi connectivity index (χ0v) is 12.3. The lowest BCUT2D eigenvalue weighted by atomic mass is 9.87.